The van der Waals surface area contributed by atoms with E-state index >= 15 is 0 Å². The van der Waals surface area contributed by atoms with Gasteiger partial charge in [-0.25, -0.2) is 4.79 Å². The number of benzene rings is 1. The number of thiophene rings is 1. The quantitative estimate of drug-likeness (QED) is 0.570. The second-order valence-corrected chi connectivity index (χ2v) is 8.44. The predicted octanol–water partition coefficient (Wildman–Crippen LogP) is 2.65. The van der Waals surface area contributed by atoms with Gasteiger partial charge in [-0.3, -0.25) is 4.57 Å². The molecule has 0 bridgehead atoms. The maximum absolute atomic E-state index is 12.4. The van der Waals surface area contributed by atoms with Gasteiger partial charge >= 0.3 is 5.69 Å². The summed E-state index contributed by atoms with van der Waals surface area (Å²) >= 11 is 1.73. The number of aliphatic hydroxyl groups excluding tert-OH is 1. The number of imidazole rings is 1. The van der Waals surface area contributed by atoms with E-state index in [1.54, 1.807) is 11.3 Å². The Morgan fingerprint density at radius 1 is 1.21 bits per heavy atom. The number of aliphatic hydroxyl groups is 1. The first-order chi connectivity index (χ1) is 13.7. The van der Waals surface area contributed by atoms with E-state index in [1.807, 2.05) is 34.9 Å². The Bertz CT molecular complexity index is 926. The number of nitrogens with one attached hydrogen (secondary N) is 1. The van der Waals surface area contributed by atoms with Crippen LogP contribution in [0.1, 0.15) is 23.8 Å². The number of rotatable bonds is 8. The normalized spacial score (nSPS) is 17.3. The standard InChI is InChI=1S/C21H27N3O3S/c25-17(15-27-12-9-18-4-3-13-28-18)14-23-10-7-16(8-11-23)24-20-6-2-1-5-19(20)22-21(24)26/h1-6,13,16-17,25H,7-12,14-15H2,(H,22,26). The van der Waals surface area contributed by atoms with Gasteiger partial charge in [0.05, 0.1) is 30.4 Å². The minimum atomic E-state index is -0.476. The average Bonchev–Trinajstić information content (AvgIpc) is 3.33. The predicted molar refractivity (Wildman–Crippen MR) is 112 cm³/mol. The molecule has 1 aliphatic rings. The highest BCUT2D eigenvalue weighted by Crippen LogP contribution is 2.24. The topological polar surface area (TPSA) is 70.5 Å². The fourth-order valence-electron chi connectivity index (χ4n) is 3.99. The van der Waals surface area contributed by atoms with E-state index in [9.17, 15) is 9.90 Å². The molecule has 3 aromatic rings. The fraction of sp³-hybridized carbons (Fsp3) is 0.476. The van der Waals surface area contributed by atoms with Gasteiger partial charge in [0.25, 0.3) is 0 Å². The second kappa shape index (κ2) is 9.05. The molecule has 1 atom stereocenters. The third-order valence-corrected chi connectivity index (χ3v) is 6.33. The largest absolute Gasteiger partial charge is 0.389 e. The van der Waals surface area contributed by atoms with Crippen molar-refractivity contribution in [3.63, 3.8) is 0 Å². The molecule has 0 radical (unpaired) electrons. The van der Waals surface area contributed by atoms with Crippen LogP contribution in [0.2, 0.25) is 0 Å². The van der Waals surface area contributed by atoms with Crippen molar-refractivity contribution in [1.82, 2.24) is 14.5 Å². The number of hydrogen-bond donors (Lipinski definition) is 2. The van der Waals surface area contributed by atoms with Crippen molar-refractivity contribution >= 4 is 22.4 Å². The third-order valence-electron chi connectivity index (χ3n) is 5.40. The van der Waals surface area contributed by atoms with E-state index in [1.165, 1.54) is 4.88 Å². The van der Waals surface area contributed by atoms with Gasteiger partial charge in [0, 0.05) is 37.0 Å². The van der Waals surface area contributed by atoms with E-state index in [4.69, 9.17) is 4.74 Å². The van der Waals surface area contributed by atoms with Crippen LogP contribution in [0.25, 0.3) is 11.0 Å². The van der Waals surface area contributed by atoms with Crippen LogP contribution in [0.4, 0.5) is 0 Å². The molecule has 1 unspecified atom stereocenters. The van der Waals surface area contributed by atoms with Crippen LogP contribution in [0.3, 0.4) is 0 Å². The van der Waals surface area contributed by atoms with Crippen molar-refractivity contribution in [1.29, 1.82) is 0 Å². The highest BCUT2D eigenvalue weighted by Gasteiger charge is 2.24. The summed E-state index contributed by atoms with van der Waals surface area (Å²) in [5.74, 6) is 0. The maximum atomic E-state index is 12.4. The third kappa shape index (κ3) is 4.55. The SMILES string of the molecule is O=c1[nH]c2ccccc2n1C1CCN(CC(O)COCCc2cccs2)CC1. The van der Waals surface area contributed by atoms with Gasteiger partial charge in [-0.05, 0) is 36.4 Å². The first-order valence-corrected chi connectivity index (χ1v) is 10.8. The van der Waals surface area contributed by atoms with Crippen LogP contribution in [-0.4, -0.2) is 58.5 Å². The molecule has 3 heterocycles. The number of hydrogen-bond acceptors (Lipinski definition) is 5. The summed E-state index contributed by atoms with van der Waals surface area (Å²) in [4.78, 5) is 18.9. The van der Waals surface area contributed by atoms with E-state index in [-0.39, 0.29) is 11.7 Å². The number of piperidine rings is 1. The van der Waals surface area contributed by atoms with Crippen LogP contribution in [0, 0.1) is 0 Å². The number of fused-ring (bicyclic) bond motifs is 1. The van der Waals surface area contributed by atoms with Gasteiger partial charge < -0.3 is 19.7 Å². The van der Waals surface area contributed by atoms with Crippen molar-refractivity contribution in [2.75, 3.05) is 32.8 Å². The monoisotopic (exact) mass is 401 g/mol. The second-order valence-electron chi connectivity index (χ2n) is 7.41. The Labute approximate surface area is 168 Å². The summed E-state index contributed by atoms with van der Waals surface area (Å²) in [6.45, 7) is 3.39. The van der Waals surface area contributed by atoms with Gasteiger partial charge in [-0.2, -0.15) is 0 Å². The molecular weight excluding hydrogens is 374 g/mol. The minimum Gasteiger partial charge on any atom is -0.389 e. The molecule has 2 aromatic heterocycles. The molecule has 28 heavy (non-hydrogen) atoms. The summed E-state index contributed by atoms with van der Waals surface area (Å²) in [5, 5.41) is 12.3. The van der Waals surface area contributed by atoms with Gasteiger partial charge in [0.2, 0.25) is 0 Å². The number of ether oxygens (including phenoxy) is 1. The molecular formula is C21H27N3O3S. The van der Waals surface area contributed by atoms with Gasteiger partial charge in [-0.1, -0.05) is 18.2 Å². The number of aromatic nitrogens is 2. The summed E-state index contributed by atoms with van der Waals surface area (Å²) in [6.07, 6.45) is 2.24. The summed E-state index contributed by atoms with van der Waals surface area (Å²) in [6, 6.07) is 12.2. The van der Waals surface area contributed by atoms with Gasteiger partial charge in [-0.15, -0.1) is 11.3 Å². The lowest BCUT2D eigenvalue weighted by Gasteiger charge is -2.33. The van der Waals surface area contributed by atoms with Crippen molar-refractivity contribution in [2.45, 2.75) is 31.4 Å². The molecule has 0 amide bonds. The van der Waals surface area contributed by atoms with Crippen molar-refractivity contribution in [3.8, 4) is 0 Å². The Morgan fingerprint density at radius 2 is 2.04 bits per heavy atom. The van der Waals surface area contributed by atoms with E-state index < -0.39 is 6.10 Å². The van der Waals surface area contributed by atoms with Crippen molar-refractivity contribution in [3.05, 3.63) is 57.1 Å². The molecule has 1 saturated heterocycles. The zero-order chi connectivity index (χ0) is 19.3. The van der Waals surface area contributed by atoms with Crippen LogP contribution < -0.4 is 5.69 Å². The highest BCUT2D eigenvalue weighted by atomic mass is 32.1. The molecule has 150 valence electrons. The Morgan fingerprint density at radius 3 is 2.82 bits per heavy atom. The number of likely N-dealkylation sites (tertiary alicyclic amines) is 1. The molecule has 0 aliphatic carbocycles. The van der Waals surface area contributed by atoms with E-state index in [0.29, 0.717) is 19.8 Å². The fourth-order valence-corrected chi connectivity index (χ4v) is 4.68. The molecule has 7 heteroatoms. The molecule has 6 nitrogen and oxygen atoms in total. The lowest BCUT2D eigenvalue weighted by Crippen LogP contribution is -2.41. The van der Waals surface area contributed by atoms with E-state index in [0.717, 1.165) is 43.4 Å². The molecule has 2 N–H and O–H groups in total. The Hall–Kier alpha value is -1.93. The highest BCUT2D eigenvalue weighted by molar-refractivity contribution is 7.09. The summed E-state index contributed by atoms with van der Waals surface area (Å²) in [5.41, 5.74) is 1.84. The average molecular weight is 402 g/mol. The Kier molecular flexibility index (Phi) is 6.26. The zero-order valence-corrected chi connectivity index (χ0v) is 16.7. The molecule has 4 rings (SSSR count). The summed E-state index contributed by atoms with van der Waals surface area (Å²) in [7, 11) is 0. The van der Waals surface area contributed by atoms with Crippen LogP contribution in [-0.2, 0) is 11.2 Å². The van der Waals surface area contributed by atoms with Gasteiger partial charge in [0.15, 0.2) is 0 Å². The first-order valence-electron chi connectivity index (χ1n) is 9.90. The molecule has 1 fully saturated rings. The number of β-amino-alcohol motifs (C(OH)–C–C–N with tert-alkyl or cyclic N) is 1. The maximum Gasteiger partial charge on any atom is 0.326 e. The number of para-hydroxylation sites is 2. The van der Waals surface area contributed by atoms with Crippen molar-refractivity contribution < 1.29 is 9.84 Å². The number of aromatic amines is 1. The smallest absolute Gasteiger partial charge is 0.326 e. The molecule has 0 saturated carbocycles. The number of nitrogens with zero attached hydrogens (tertiary/aromatic N) is 2. The van der Waals surface area contributed by atoms with Crippen molar-refractivity contribution in [2.24, 2.45) is 0 Å². The molecule has 1 aliphatic heterocycles. The first kappa shape index (κ1) is 19.4. The minimum absolute atomic E-state index is 0.0289. The summed E-state index contributed by atoms with van der Waals surface area (Å²) < 4.78 is 7.53. The van der Waals surface area contributed by atoms with Crippen LogP contribution in [0.15, 0.2) is 46.6 Å². The lowest BCUT2D eigenvalue weighted by atomic mass is 10.0. The molecule has 0 spiro atoms. The number of H-pyrrole nitrogens is 1. The molecule has 1 aromatic carbocycles. The van der Waals surface area contributed by atoms with Crippen LogP contribution in [0.5, 0.6) is 0 Å². The van der Waals surface area contributed by atoms with Gasteiger partial charge in [0.1, 0.15) is 0 Å². The zero-order valence-electron chi connectivity index (χ0n) is 15.9. The van der Waals surface area contributed by atoms with E-state index in [2.05, 4.69) is 21.3 Å². The van der Waals surface area contributed by atoms with Crippen LogP contribution >= 0.6 is 11.3 Å². The Balaban J connectivity index is 1.22. The lowest BCUT2D eigenvalue weighted by molar-refractivity contribution is 0.0121.